The van der Waals surface area contributed by atoms with Crippen molar-refractivity contribution in [1.29, 1.82) is 0 Å². The van der Waals surface area contributed by atoms with Gasteiger partial charge in [-0.25, -0.2) is 0 Å². The number of aromatic amines is 1. The second-order valence-electron chi connectivity index (χ2n) is 5.61. The van der Waals surface area contributed by atoms with Gasteiger partial charge in [-0.15, -0.1) is 10.2 Å². The van der Waals surface area contributed by atoms with E-state index in [2.05, 4.69) is 20.5 Å². The molecule has 0 unspecified atom stereocenters. The highest BCUT2D eigenvalue weighted by Crippen LogP contribution is 2.12. The first-order valence-electron chi connectivity index (χ1n) is 7.24. The number of nitrogens with zero attached hydrogens (tertiary/aromatic N) is 3. The molecule has 2 N–H and O–H groups in total. The van der Waals surface area contributed by atoms with Crippen LogP contribution in [0.25, 0.3) is 10.9 Å². The molecule has 2 aromatic heterocycles. The molecular weight excluding hydrogens is 278 g/mol. The van der Waals surface area contributed by atoms with Crippen LogP contribution in [0.1, 0.15) is 30.0 Å². The Bertz CT molecular complexity index is 864. The number of aryl methyl sites for hydroxylation is 2. The minimum absolute atomic E-state index is 0.0422. The van der Waals surface area contributed by atoms with Crippen LogP contribution in [0.3, 0.4) is 0 Å². The minimum Gasteiger partial charge on any atom is -0.357 e. The largest absolute Gasteiger partial charge is 0.357 e. The van der Waals surface area contributed by atoms with Gasteiger partial charge in [0.1, 0.15) is 12.2 Å². The summed E-state index contributed by atoms with van der Waals surface area (Å²) in [5.74, 6) is 0.860. The molecular formula is C16H19N5O. The van der Waals surface area contributed by atoms with Gasteiger partial charge in [-0.2, -0.15) is 0 Å². The van der Waals surface area contributed by atoms with Gasteiger partial charge in [0.25, 0.3) is 0 Å². The van der Waals surface area contributed by atoms with Crippen LogP contribution < -0.4 is 10.7 Å². The number of rotatable bonds is 4. The maximum absolute atomic E-state index is 12.2. The van der Waals surface area contributed by atoms with Crippen LogP contribution in [0.15, 0.2) is 35.4 Å². The lowest BCUT2D eigenvalue weighted by molar-refractivity contribution is 0.524. The third-order valence-corrected chi connectivity index (χ3v) is 3.77. The van der Waals surface area contributed by atoms with Gasteiger partial charge in [0.05, 0.1) is 6.04 Å². The van der Waals surface area contributed by atoms with E-state index in [-0.39, 0.29) is 11.5 Å². The molecule has 6 heteroatoms. The molecule has 1 aromatic carbocycles. The van der Waals surface area contributed by atoms with Gasteiger partial charge in [-0.1, -0.05) is 11.6 Å². The van der Waals surface area contributed by atoms with Crippen LogP contribution in [0.5, 0.6) is 0 Å². The monoisotopic (exact) mass is 297 g/mol. The quantitative estimate of drug-likeness (QED) is 0.770. The lowest BCUT2D eigenvalue weighted by Gasteiger charge is -2.13. The molecule has 0 saturated carbocycles. The molecule has 3 rings (SSSR count). The fourth-order valence-electron chi connectivity index (χ4n) is 2.55. The third-order valence-electron chi connectivity index (χ3n) is 3.77. The molecule has 2 heterocycles. The summed E-state index contributed by atoms with van der Waals surface area (Å²) in [6, 6.07) is 7.55. The van der Waals surface area contributed by atoms with Gasteiger partial charge in [-0.05, 0) is 26.0 Å². The average Bonchev–Trinajstić information content (AvgIpc) is 2.92. The van der Waals surface area contributed by atoms with E-state index in [0.29, 0.717) is 6.54 Å². The molecule has 0 radical (unpaired) electrons. The summed E-state index contributed by atoms with van der Waals surface area (Å²) in [6.07, 6.45) is 1.67. The zero-order valence-electron chi connectivity index (χ0n) is 12.9. The van der Waals surface area contributed by atoms with Gasteiger partial charge in [0.15, 0.2) is 5.43 Å². The van der Waals surface area contributed by atoms with E-state index in [9.17, 15) is 4.79 Å². The first-order valence-corrected chi connectivity index (χ1v) is 7.24. The molecule has 0 amide bonds. The molecule has 3 aromatic rings. The first kappa shape index (κ1) is 14.5. The summed E-state index contributed by atoms with van der Waals surface area (Å²) >= 11 is 0. The predicted octanol–water partition coefficient (Wildman–Crippen LogP) is 1.82. The zero-order chi connectivity index (χ0) is 15.7. The number of H-pyrrole nitrogens is 1. The van der Waals surface area contributed by atoms with Crippen LogP contribution in [0, 0.1) is 6.92 Å². The molecule has 0 bridgehead atoms. The smallest absolute Gasteiger partial charge is 0.189 e. The molecule has 0 aliphatic carbocycles. The molecule has 114 valence electrons. The molecule has 0 fully saturated rings. The molecule has 0 aliphatic rings. The normalized spacial score (nSPS) is 12.7. The van der Waals surface area contributed by atoms with E-state index in [1.54, 1.807) is 12.4 Å². The van der Waals surface area contributed by atoms with E-state index in [4.69, 9.17) is 0 Å². The second kappa shape index (κ2) is 5.73. The molecule has 6 nitrogen and oxygen atoms in total. The maximum atomic E-state index is 12.2. The van der Waals surface area contributed by atoms with Gasteiger partial charge >= 0.3 is 0 Å². The molecule has 0 saturated heterocycles. The summed E-state index contributed by atoms with van der Waals surface area (Å²) in [6.45, 7) is 4.57. The summed E-state index contributed by atoms with van der Waals surface area (Å²) in [4.78, 5) is 15.5. The van der Waals surface area contributed by atoms with Crippen molar-refractivity contribution in [2.24, 2.45) is 7.05 Å². The molecule has 0 aliphatic heterocycles. The van der Waals surface area contributed by atoms with Crippen molar-refractivity contribution in [2.45, 2.75) is 26.4 Å². The van der Waals surface area contributed by atoms with E-state index >= 15 is 0 Å². The van der Waals surface area contributed by atoms with Crippen LogP contribution in [0.4, 0.5) is 0 Å². The maximum Gasteiger partial charge on any atom is 0.189 e. The number of aromatic nitrogens is 4. The highest BCUT2D eigenvalue weighted by atomic mass is 16.1. The number of fused-ring (bicyclic) bond motifs is 1. The van der Waals surface area contributed by atoms with E-state index in [1.807, 2.05) is 43.7 Å². The molecule has 1 atom stereocenters. The number of nitrogens with one attached hydrogen (secondary N) is 2. The average molecular weight is 297 g/mol. The van der Waals surface area contributed by atoms with Crippen molar-refractivity contribution in [1.82, 2.24) is 25.1 Å². The Morgan fingerprint density at radius 2 is 2.18 bits per heavy atom. The lowest BCUT2D eigenvalue weighted by atomic mass is 10.1. The predicted molar refractivity (Wildman–Crippen MR) is 85.6 cm³/mol. The van der Waals surface area contributed by atoms with E-state index in [1.165, 1.54) is 0 Å². The molecule has 22 heavy (non-hydrogen) atoms. The SMILES string of the molecule is Cc1ccc2[nH]c(CN[C@H](C)c3nncn3C)cc(=O)c2c1. The van der Waals surface area contributed by atoms with Crippen LogP contribution in [-0.4, -0.2) is 19.7 Å². The Kier molecular flexibility index (Phi) is 3.77. The Labute approximate surface area is 128 Å². The molecule has 0 spiro atoms. The number of pyridine rings is 1. The Hall–Kier alpha value is -2.47. The van der Waals surface area contributed by atoms with Gasteiger partial charge in [0.2, 0.25) is 0 Å². The fourth-order valence-corrected chi connectivity index (χ4v) is 2.55. The van der Waals surface area contributed by atoms with Crippen molar-refractivity contribution in [2.75, 3.05) is 0 Å². The van der Waals surface area contributed by atoms with Crippen LogP contribution in [0.2, 0.25) is 0 Å². The topological polar surface area (TPSA) is 75.6 Å². The summed E-state index contributed by atoms with van der Waals surface area (Å²) < 4.78 is 1.88. The highest BCUT2D eigenvalue weighted by molar-refractivity contribution is 5.79. The second-order valence-corrected chi connectivity index (χ2v) is 5.61. The van der Waals surface area contributed by atoms with Gasteiger partial charge in [-0.3, -0.25) is 4.79 Å². The first-order chi connectivity index (χ1) is 10.5. The lowest BCUT2D eigenvalue weighted by Crippen LogP contribution is -2.22. The number of hydrogen-bond donors (Lipinski definition) is 2. The Morgan fingerprint density at radius 3 is 2.91 bits per heavy atom. The number of benzene rings is 1. The van der Waals surface area contributed by atoms with Gasteiger partial charge < -0.3 is 14.9 Å². The van der Waals surface area contributed by atoms with Crippen molar-refractivity contribution in [3.63, 3.8) is 0 Å². The Balaban J connectivity index is 1.81. The standard InChI is InChI=1S/C16H19N5O/c1-10-4-5-14-13(6-10)15(22)7-12(19-14)8-17-11(2)16-20-18-9-21(16)3/h4-7,9,11,17H,8H2,1-3H3,(H,19,22)/t11-/m1/s1. The summed E-state index contributed by atoms with van der Waals surface area (Å²) in [5, 5.41) is 12.0. The fraction of sp³-hybridized carbons (Fsp3) is 0.312. The van der Waals surface area contributed by atoms with Crippen molar-refractivity contribution in [3.05, 3.63) is 57.9 Å². The van der Waals surface area contributed by atoms with Crippen molar-refractivity contribution < 1.29 is 0 Å². The number of hydrogen-bond acceptors (Lipinski definition) is 4. The third kappa shape index (κ3) is 2.78. The Morgan fingerprint density at radius 1 is 1.36 bits per heavy atom. The summed E-state index contributed by atoms with van der Waals surface area (Å²) in [7, 11) is 1.91. The highest BCUT2D eigenvalue weighted by Gasteiger charge is 2.11. The van der Waals surface area contributed by atoms with E-state index in [0.717, 1.165) is 28.0 Å². The zero-order valence-corrected chi connectivity index (χ0v) is 12.9. The van der Waals surface area contributed by atoms with Crippen molar-refractivity contribution in [3.8, 4) is 0 Å². The summed E-state index contributed by atoms with van der Waals surface area (Å²) in [5.41, 5.74) is 2.84. The van der Waals surface area contributed by atoms with Crippen molar-refractivity contribution >= 4 is 10.9 Å². The van der Waals surface area contributed by atoms with Crippen LogP contribution in [-0.2, 0) is 13.6 Å². The van der Waals surface area contributed by atoms with Gasteiger partial charge in [0, 0.05) is 36.3 Å². The minimum atomic E-state index is 0.0422. The van der Waals surface area contributed by atoms with Crippen LogP contribution >= 0.6 is 0 Å². The van der Waals surface area contributed by atoms with E-state index < -0.39 is 0 Å².